The van der Waals surface area contributed by atoms with Crippen molar-refractivity contribution in [3.63, 3.8) is 0 Å². The Kier molecular flexibility index (Phi) is 6.83. The Morgan fingerprint density at radius 3 is 2.90 bits per heavy atom. The van der Waals surface area contributed by atoms with E-state index < -0.39 is 16.9 Å². The van der Waals surface area contributed by atoms with Gasteiger partial charge >= 0.3 is 5.97 Å². The van der Waals surface area contributed by atoms with E-state index in [4.69, 9.17) is 10.5 Å². The van der Waals surface area contributed by atoms with E-state index in [9.17, 15) is 14.9 Å². The number of tetrazole rings is 1. The van der Waals surface area contributed by atoms with Crippen molar-refractivity contribution >= 4 is 11.7 Å². The molecule has 11 nitrogen and oxygen atoms in total. The van der Waals surface area contributed by atoms with Crippen LogP contribution in [0.5, 0.6) is 0 Å². The highest BCUT2D eigenvalue weighted by Gasteiger charge is 2.32. The smallest absolute Gasteiger partial charge is 0.327 e. The van der Waals surface area contributed by atoms with Gasteiger partial charge in [0.25, 0.3) is 5.69 Å². The van der Waals surface area contributed by atoms with Gasteiger partial charge in [-0.2, -0.15) is 0 Å². The van der Waals surface area contributed by atoms with E-state index in [1.807, 2.05) is 0 Å². The number of rotatable bonds is 8. The minimum absolute atomic E-state index is 0.0543. The number of nitrogens with one attached hydrogen (secondary N) is 1. The Labute approximate surface area is 167 Å². The van der Waals surface area contributed by atoms with Crippen LogP contribution in [0.15, 0.2) is 24.3 Å². The number of carbonyl (C=O) groups excluding carboxylic acids is 1. The van der Waals surface area contributed by atoms with Crippen molar-refractivity contribution < 1.29 is 14.5 Å². The number of carbonyl (C=O) groups is 1. The lowest BCUT2D eigenvalue weighted by atomic mass is 9.89. The Bertz CT molecular complexity index is 856. The second-order valence-electron chi connectivity index (χ2n) is 6.97. The highest BCUT2D eigenvalue weighted by molar-refractivity contribution is 5.69. The van der Waals surface area contributed by atoms with E-state index in [0.717, 1.165) is 25.7 Å². The number of benzene rings is 1. The maximum Gasteiger partial charge on any atom is 0.327 e. The lowest BCUT2D eigenvalue weighted by molar-refractivity contribution is -0.385. The summed E-state index contributed by atoms with van der Waals surface area (Å²) in [5, 5.41) is 26.7. The molecule has 3 N–H and O–H groups in total. The number of nitro groups is 1. The number of para-hydroxylation sites is 1. The molecule has 0 bridgehead atoms. The first-order chi connectivity index (χ1) is 14.0. The van der Waals surface area contributed by atoms with E-state index in [1.165, 1.54) is 10.7 Å². The van der Waals surface area contributed by atoms with Gasteiger partial charge in [0.15, 0.2) is 5.82 Å². The SMILES string of the molecule is CCOC(=O)Cn1nnnc1C(NC1CCCCC1N)c1ccccc1[N+](=O)[O-]. The third-order valence-electron chi connectivity index (χ3n) is 5.05. The first kappa shape index (κ1) is 20.8. The van der Waals surface area contributed by atoms with Gasteiger partial charge in [-0.3, -0.25) is 20.2 Å². The number of nitrogens with two attached hydrogens (primary N) is 1. The molecule has 29 heavy (non-hydrogen) atoms. The molecule has 0 aliphatic heterocycles. The highest BCUT2D eigenvalue weighted by atomic mass is 16.6. The second kappa shape index (κ2) is 9.52. The number of nitro benzene ring substituents is 1. The molecular formula is C18H25N7O4. The molecule has 3 rings (SSSR count). The summed E-state index contributed by atoms with van der Waals surface area (Å²) in [5.41, 5.74) is 6.64. The van der Waals surface area contributed by atoms with Crippen molar-refractivity contribution in [3.05, 3.63) is 45.8 Å². The summed E-state index contributed by atoms with van der Waals surface area (Å²) in [6, 6.07) is 5.58. The molecule has 3 unspecified atom stereocenters. The van der Waals surface area contributed by atoms with Crippen molar-refractivity contribution in [1.29, 1.82) is 0 Å². The predicted octanol–water partition coefficient (Wildman–Crippen LogP) is 1.09. The average molecular weight is 403 g/mol. The number of hydrogen-bond acceptors (Lipinski definition) is 9. The van der Waals surface area contributed by atoms with Gasteiger partial charge in [0, 0.05) is 18.2 Å². The molecule has 0 radical (unpaired) electrons. The Morgan fingerprint density at radius 1 is 1.41 bits per heavy atom. The van der Waals surface area contributed by atoms with E-state index in [2.05, 4.69) is 20.8 Å². The fraction of sp³-hybridized carbons (Fsp3) is 0.556. The zero-order valence-electron chi connectivity index (χ0n) is 16.2. The van der Waals surface area contributed by atoms with Crippen LogP contribution in [0.1, 0.15) is 50.0 Å². The van der Waals surface area contributed by atoms with Crippen LogP contribution in [0.3, 0.4) is 0 Å². The molecule has 11 heteroatoms. The first-order valence-corrected chi connectivity index (χ1v) is 9.67. The van der Waals surface area contributed by atoms with Crippen molar-refractivity contribution in [1.82, 2.24) is 25.5 Å². The minimum Gasteiger partial charge on any atom is -0.465 e. The summed E-state index contributed by atoms with van der Waals surface area (Å²) in [7, 11) is 0. The van der Waals surface area contributed by atoms with Crippen molar-refractivity contribution in [2.45, 2.75) is 57.3 Å². The molecule has 1 aliphatic rings. The summed E-state index contributed by atoms with van der Waals surface area (Å²) in [4.78, 5) is 23.1. The van der Waals surface area contributed by atoms with Crippen molar-refractivity contribution in [2.75, 3.05) is 6.61 Å². The van der Waals surface area contributed by atoms with Gasteiger partial charge in [0.05, 0.1) is 17.1 Å². The molecule has 1 heterocycles. The summed E-state index contributed by atoms with van der Waals surface area (Å²) >= 11 is 0. The molecule has 0 spiro atoms. The Morgan fingerprint density at radius 2 is 2.17 bits per heavy atom. The van der Waals surface area contributed by atoms with Gasteiger partial charge in [-0.1, -0.05) is 31.0 Å². The van der Waals surface area contributed by atoms with Crippen molar-refractivity contribution in [3.8, 4) is 0 Å². The monoisotopic (exact) mass is 403 g/mol. The molecule has 3 atom stereocenters. The minimum atomic E-state index is -0.699. The summed E-state index contributed by atoms with van der Waals surface area (Å²) in [6.45, 7) is 1.76. The van der Waals surface area contributed by atoms with Gasteiger partial charge in [0.1, 0.15) is 12.6 Å². The van der Waals surface area contributed by atoms with Crippen LogP contribution in [-0.2, 0) is 16.1 Å². The number of nitrogens with zero attached hydrogens (tertiary/aromatic N) is 5. The Balaban J connectivity index is 1.99. The molecule has 0 saturated heterocycles. The number of esters is 1. The molecule has 0 amide bonds. The van der Waals surface area contributed by atoms with Crippen molar-refractivity contribution in [2.24, 2.45) is 5.73 Å². The van der Waals surface area contributed by atoms with Crippen LogP contribution in [0.4, 0.5) is 5.69 Å². The van der Waals surface area contributed by atoms with Gasteiger partial charge < -0.3 is 10.5 Å². The van der Waals surface area contributed by atoms with Crippen LogP contribution in [-0.4, -0.2) is 49.8 Å². The van der Waals surface area contributed by atoms with Crippen LogP contribution in [0.25, 0.3) is 0 Å². The molecule has 1 aromatic heterocycles. The van der Waals surface area contributed by atoms with E-state index in [-0.39, 0.29) is 30.9 Å². The lowest BCUT2D eigenvalue weighted by Crippen LogP contribution is -2.49. The zero-order chi connectivity index (χ0) is 20.8. The van der Waals surface area contributed by atoms with Gasteiger partial charge in [-0.15, -0.1) is 5.10 Å². The van der Waals surface area contributed by atoms with Gasteiger partial charge in [-0.05, 0) is 30.2 Å². The quantitative estimate of drug-likeness (QED) is 0.375. The van der Waals surface area contributed by atoms with E-state index >= 15 is 0 Å². The third kappa shape index (κ3) is 4.93. The highest BCUT2D eigenvalue weighted by Crippen LogP contribution is 2.30. The molecule has 1 aliphatic carbocycles. The first-order valence-electron chi connectivity index (χ1n) is 9.67. The van der Waals surface area contributed by atoms with Gasteiger partial charge in [0.2, 0.25) is 0 Å². The van der Waals surface area contributed by atoms with E-state index in [0.29, 0.717) is 11.4 Å². The summed E-state index contributed by atoms with van der Waals surface area (Å²) in [6.07, 6.45) is 3.78. The molecule has 1 aromatic carbocycles. The third-order valence-corrected chi connectivity index (χ3v) is 5.05. The maximum absolute atomic E-state index is 12.0. The largest absolute Gasteiger partial charge is 0.465 e. The lowest BCUT2D eigenvalue weighted by Gasteiger charge is -2.32. The average Bonchev–Trinajstić information content (AvgIpc) is 3.15. The molecule has 156 valence electrons. The number of ether oxygens (including phenoxy) is 1. The Hall–Kier alpha value is -2.92. The molecular weight excluding hydrogens is 378 g/mol. The molecule has 1 saturated carbocycles. The summed E-state index contributed by atoms with van der Waals surface area (Å²) < 4.78 is 6.29. The van der Waals surface area contributed by atoms with Crippen LogP contribution >= 0.6 is 0 Å². The predicted molar refractivity (Wildman–Crippen MR) is 103 cm³/mol. The molecule has 2 aromatic rings. The maximum atomic E-state index is 12.0. The number of hydrogen-bond donors (Lipinski definition) is 2. The topological polar surface area (TPSA) is 151 Å². The standard InChI is InChI=1S/C18H25N7O4/c1-2-29-16(26)11-24-18(21-22-23-24)17(20-14-9-5-4-8-13(14)19)12-7-3-6-10-15(12)25(27)28/h3,6-7,10,13-14,17,20H,2,4-5,8-9,11,19H2,1H3. The fourth-order valence-electron chi connectivity index (χ4n) is 3.64. The number of aromatic nitrogens is 4. The van der Waals surface area contributed by atoms with Gasteiger partial charge in [-0.25, -0.2) is 4.68 Å². The normalized spacial score (nSPS) is 20.2. The van der Waals surface area contributed by atoms with Crippen LogP contribution in [0.2, 0.25) is 0 Å². The fourth-order valence-corrected chi connectivity index (χ4v) is 3.64. The van der Waals surface area contributed by atoms with Crippen LogP contribution < -0.4 is 11.1 Å². The second-order valence-corrected chi connectivity index (χ2v) is 6.97. The van der Waals surface area contributed by atoms with E-state index in [1.54, 1.807) is 25.1 Å². The summed E-state index contributed by atoms with van der Waals surface area (Å²) in [5.74, 6) is -0.193. The van der Waals surface area contributed by atoms with Crippen LogP contribution in [0, 0.1) is 10.1 Å². The molecule has 1 fully saturated rings. The zero-order valence-corrected chi connectivity index (χ0v) is 16.2.